The first-order chi connectivity index (χ1) is 14.9. The molecule has 0 atom stereocenters. The third kappa shape index (κ3) is 5.63. The molecule has 1 fully saturated rings. The SMILES string of the molecule is Cc1nc(Nc2ccc(NS(=O)(=O)c3ccc(I)cc3)cc2)cc(N2CCOCC2)n1. The van der Waals surface area contributed by atoms with E-state index in [-0.39, 0.29) is 4.90 Å². The Hall–Kier alpha value is -2.44. The van der Waals surface area contributed by atoms with E-state index in [1.54, 1.807) is 48.5 Å². The molecular formula is C21H22IN5O3S. The Morgan fingerprint density at radius 3 is 2.29 bits per heavy atom. The maximum absolute atomic E-state index is 12.6. The van der Waals surface area contributed by atoms with Gasteiger partial charge in [0, 0.05) is 34.1 Å². The Kier molecular flexibility index (Phi) is 6.58. The molecule has 0 spiro atoms. The minimum absolute atomic E-state index is 0.224. The first kappa shape index (κ1) is 21.8. The van der Waals surface area contributed by atoms with Crippen LogP contribution >= 0.6 is 22.6 Å². The van der Waals surface area contributed by atoms with E-state index in [1.165, 1.54) is 0 Å². The fourth-order valence-electron chi connectivity index (χ4n) is 3.17. The van der Waals surface area contributed by atoms with E-state index in [4.69, 9.17) is 4.74 Å². The molecule has 8 nitrogen and oxygen atoms in total. The van der Waals surface area contributed by atoms with Crippen LogP contribution in [0.3, 0.4) is 0 Å². The molecule has 0 radical (unpaired) electrons. The van der Waals surface area contributed by atoms with Crippen molar-refractivity contribution in [3.63, 3.8) is 0 Å². The van der Waals surface area contributed by atoms with Crippen LogP contribution < -0.4 is 14.9 Å². The van der Waals surface area contributed by atoms with E-state index in [2.05, 4.69) is 47.5 Å². The van der Waals surface area contributed by atoms with E-state index >= 15 is 0 Å². The van der Waals surface area contributed by atoms with Gasteiger partial charge in [0.25, 0.3) is 10.0 Å². The predicted molar refractivity (Wildman–Crippen MR) is 129 cm³/mol. The highest BCUT2D eigenvalue weighted by atomic mass is 127. The summed E-state index contributed by atoms with van der Waals surface area (Å²) in [7, 11) is -3.64. The third-order valence-corrected chi connectivity index (χ3v) is 6.81. The second-order valence-electron chi connectivity index (χ2n) is 7.02. The first-order valence-electron chi connectivity index (χ1n) is 9.73. The highest BCUT2D eigenvalue weighted by molar-refractivity contribution is 14.1. The van der Waals surface area contributed by atoms with Crippen LogP contribution in [0, 0.1) is 10.5 Å². The zero-order valence-corrected chi connectivity index (χ0v) is 19.9. The van der Waals surface area contributed by atoms with Gasteiger partial charge >= 0.3 is 0 Å². The summed E-state index contributed by atoms with van der Waals surface area (Å²) in [4.78, 5) is 11.4. The lowest BCUT2D eigenvalue weighted by molar-refractivity contribution is 0.122. The molecule has 0 bridgehead atoms. The minimum atomic E-state index is -3.64. The van der Waals surface area contributed by atoms with Gasteiger partial charge in [-0.05, 0) is 78.0 Å². The van der Waals surface area contributed by atoms with E-state index in [1.807, 2.05) is 13.0 Å². The Morgan fingerprint density at radius 2 is 1.61 bits per heavy atom. The number of aromatic nitrogens is 2. The smallest absolute Gasteiger partial charge is 0.261 e. The van der Waals surface area contributed by atoms with Gasteiger partial charge < -0.3 is 15.0 Å². The number of nitrogens with one attached hydrogen (secondary N) is 2. The van der Waals surface area contributed by atoms with E-state index in [0.29, 0.717) is 30.5 Å². The van der Waals surface area contributed by atoms with Gasteiger partial charge in [-0.2, -0.15) is 0 Å². The summed E-state index contributed by atoms with van der Waals surface area (Å²) in [6.07, 6.45) is 0. The van der Waals surface area contributed by atoms with Crippen molar-refractivity contribution in [2.75, 3.05) is 41.2 Å². The van der Waals surface area contributed by atoms with Gasteiger partial charge in [-0.25, -0.2) is 18.4 Å². The lowest BCUT2D eigenvalue weighted by Crippen LogP contribution is -2.36. The van der Waals surface area contributed by atoms with Crippen LogP contribution in [0.5, 0.6) is 0 Å². The van der Waals surface area contributed by atoms with E-state index in [9.17, 15) is 8.42 Å². The van der Waals surface area contributed by atoms with Gasteiger partial charge in [-0.1, -0.05) is 0 Å². The van der Waals surface area contributed by atoms with Crippen molar-refractivity contribution in [2.45, 2.75) is 11.8 Å². The highest BCUT2D eigenvalue weighted by Crippen LogP contribution is 2.23. The van der Waals surface area contributed by atoms with Gasteiger partial charge in [0.15, 0.2) is 0 Å². The molecule has 2 aromatic carbocycles. The number of nitrogens with zero attached hydrogens (tertiary/aromatic N) is 3. The van der Waals surface area contributed by atoms with Gasteiger partial charge in [-0.15, -0.1) is 0 Å². The standard InChI is InChI=1S/C21H22IN5O3S/c1-15-23-20(14-21(24-15)27-10-12-30-13-11-27)25-17-4-6-18(7-5-17)26-31(28,29)19-8-2-16(22)3-9-19/h2-9,14,26H,10-13H2,1H3,(H,23,24,25). The third-order valence-electron chi connectivity index (χ3n) is 4.69. The molecule has 1 aromatic heterocycles. The van der Waals surface area contributed by atoms with Crippen molar-refractivity contribution in [3.05, 3.63) is 64.0 Å². The number of ether oxygens (including phenoxy) is 1. The van der Waals surface area contributed by atoms with Crippen molar-refractivity contribution < 1.29 is 13.2 Å². The van der Waals surface area contributed by atoms with Gasteiger partial charge in [0.2, 0.25) is 0 Å². The second-order valence-corrected chi connectivity index (χ2v) is 9.95. The first-order valence-corrected chi connectivity index (χ1v) is 12.3. The topological polar surface area (TPSA) is 96.5 Å². The number of rotatable bonds is 6. The largest absolute Gasteiger partial charge is 0.378 e. The summed E-state index contributed by atoms with van der Waals surface area (Å²) in [6.45, 7) is 4.82. The molecule has 162 valence electrons. The summed E-state index contributed by atoms with van der Waals surface area (Å²) >= 11 is 2.14. The Morgan fingerprint density at radius 1 is 0.968 bits per heavy atom. The van der Waals surface area contributed by atoms with Gasteiger partial charge in [0.1, 0.15) is 17.5 Å². The normalized spacial score (nSPS) is 14.3. The summed E-state index contributed by atoms with van der Waals surface area (Å²) in [5.41, 5.74) is 1.28. The Labute approximate surface area is 195 Å². The zero-order chi connectivity index (χ0) is 21.8. The number of hydrogen-bond donors (Lipinski definition) is 2. The number of morpholine rings is 1. The van der Waals surface area contributed by atoms with Crippen LogP contribution in [-0.4, -0.2) is 44.7 Å². The number of anilines is 4. The molecule has 0 aliphatic carbocycles. The van der Waals surface area contributed by atoms with Crippen molar-refractivity contribution in [1.29, 1.82) is 0 Å². The average molecular weight is 551 g/mol. The summed E-state index contributed by atoms with van der Waals surface area (Å²) < 4.78 is 34.1. The molecule has 0 saturated carbocycles. The van der Waals surface area contributed by atoms with Crippen molar-refractivity contribution in [2.24, 2.45) is 0 Å². The number of halogens is 1. The molecule has 10 heteroatoms. The Bertz CT molecular complexity index is 1150. The molecule has 4 rings (SSSR count). The molecular weight excluding hydrogens is 529 g/mol. The molecule has 1 aliphatic rings. The predicted octanol–water partition coefficient (Wildman–Crippen LogP) is 3.77. The summed E-state index contributed by atoms with van der Waals surface area (Å²) in [6, 6.07) is 15.6. The van der Waals surface area contributed by atoms with Crippen molar-refractivity contribution in [1.82, 2.24) is 9.97 Å². The number of sulfonamides is 1. The maximum atomic E-state index is 12.6. The number of benzene rings is 2. The minimum Gasteiger partial charge on any atom is -0.378 e. The molecule has 3 aromatic rings. The highest BCUT2D eigenvalue weighted by Gasteiger charge is 2.15. The quantitative estimate of drug-likeness (QED) is 0.451. The lowest BCUT2D eigenvalue weighted by Gasteiger charge is -2.28. The zero-order valence-electron chi connectivity index (χ0n) is 16.9. The maximum Gasteiger partial charge on any atom is 0.261 e. The molecule has 31 heavy (non-hydrogen) atoms. The van der Waals surface area contributed by atoms with Crippen LogP contribution in [0.25, 0.3) is 0 Å². The molecule has 2 N–H and O–H groups in total. The number of aryl methyl sites for hydroxylation is 1. The van der Waals surface area contributed by atoms with Crippen molar-refractivity contribution >= 4 is 55.6 Å². The Balaban J connectivity index is 1.46. The summed E-state index contributed by atoms with van der Waals surface area (Å²) in [5.74, 6) is 2.22. The summed E-state index contributed by atoms with van der Waals surface area (Å²) in [5, 5.41) is 3.27. The second kappa shape index (κ2) is 9.37. The van der Waals surface area contributed by atoms with Crippen LogP contribution in [0.15, 0.2) is 59.5 Å². The lowest BCUT2D eigenvalue weighted by atomic mass is 10.3. The van der Waals surface area contributed by atoms with Gasteiger partial charge in [-0.3, -0.25) is 4.72 Å². The van der Waals surface area contributed by atoms with Gasteiger partial charge in [0.05, 0.1) is 18.1 Å². The molecule has 1 saturated heterocycles. The van der Waals surface area contributed by atoms with Crippen LogP contribution in [0.2, 0.25) is 0 Å². The molecule has 0 amide bonds. The average Bonchev–Trinajstić information content (AvgIpc) is 2.75. The van der Waals surface area contributed by atoms with Crippen LogP contribution in [-0.2, 0) is 14.8 Å². The van der Waals surface area contributed by atoms with Crippen LogP contribution in [0.4, 0.5) is 23.0 Å². The fourth-order valence-corrected chi connectivity index (χ4v) is 4.59. The monoisotopic (exact) mass is 551 g/mol. The number of hydrogen-bond acceptors (Lipinski definition) is 7. The van der Waals surface area contributed by atoms with E-state index < -0.39 is 10.0 Å². The van der Waals surface area contributed by atoms with Crippen molar-refractivity contribution in [3.8, 4) is 0 Å². The molecule has 0 unspecified atom stereocenters. The molecule has 2 heterocycles. The fraction of sp³-hybridized carbons (Fsp3) is 0.238. The van der Waals surface area contributed by atoms with Crippen LogP contribution in [0.1, 0.15) is 5.82 Å². The molecule has 1 aliphatic heterocycles. The van der Waals surface area contributed by atoms with E-state index in [0.717, 1.165) is 28.2 Å².